The highest BCUT2D eigenvalue weighted by Gasteiger charge is 2.22. The summed E-state index contributed by atoms with van der Waals surface area (Å²) in [5, 5.41) is 19.1. The Morgan fingerprint density at radius 2 is 2.06 bits per heavy atom. The molecule has 0 bridgehead atoms. The minimum atomic E-state index is -0.276. The minimum absolute atomic E-state index is 0.0901. The molecule has 1 atom stereocenters. The van der Waals surface area contributed by atoms with Gasteiger partial charge in [-0.1, -0.05) is 12.5 Å². The first kappa shape index (κ1) is 12.7. The highest BCUT2D eigenvalue weighted by atomic mass is 16.5. The van der Waals surface area contributed by atoms with E-state index in [1.54, 1.807) is 12.1 Å². The number of rotatable bonds is 3. The van der Waals surface area contributed by atoms with E-state index < -0.39 is 0 Å². The third-order valence-electron chi connectivity index (χ3n) is 3.40. The summed E-state index contributed by atoms with van der Waals surface area (Å²) in [4.78, 5) is 2.17. The predicted molar refractivity (Wildman–Crippen MR) is 68.4 cm³/mol. The first-order chi connectivity index (χ1) is 8.76. The second-order valence-electron chi connectivity index (χ2n) is 4.56. The lowest BCUT2D eigenvalue weighted by atomic mass is 10.0. The van der Waals surface area contributed by atoms with Crippen LogP contribution < -0.4 is 4.74 Å². The number of hydrogen-bond acceptors (Lipinski definition) is 4. The van der Waals surface area contributed by atoms with Crippen molar-refractivity contribution in [3.8, 4) is 17.6 Å². The molecule has 1 aromatic rings. The molecule has 4 heteroatoms. The molecule has 18 heavy (non-hydrogen) atoms. The van der Waals surface area contributed by atoms with Gasteiger partial charge in [-0.25, -0.2) is 0 Å². The van der Waals surface area contributed by atoms with Crippen molar-refractivity contribution in [2.75, 3.05) is 20.2 Å². The van der Waals surface area contributed by atoms with Gasteiger partial charge in [0.2, 0.25) is 0 Å². The Balaban J connectivity index is 2.22. The Morgan fingerprint density at radius 3 is 2.61 bits per heavy atom. The lowest BCUT2D eigenvalue weighted by Crippen LogP contribution is -2.33. The summed E-state index contributed by atoms with van der Waals surface area (Å²) >= 11 is 0. The Bertz CT molecular complexity index is 448. The molecule has 1 saturated heterocycles. The van der Waals surface area contributed by atoms with Crippen LogP contribution in [0.4, 0.5) is 0 Å². The Morgan fingerprint density at radius 1 is 1.33 bits per heavy atom. The molecule has 0 spiro atoms. The number of nitrogens with zero attached hydrogens (tertiary/aromatic N) is 2. The van der Waals surface area contributed by atoms with Crippen LogP contribution in [0.3, 0.4) is 0 Å². The monoisotopic (exact) mass is 246 g/mol. The summed E-state index contributed by atoms with van der Waals surface area (Å²) < 4.78 is 5.01. The van der Waals surface area contributed by atoms with Crippen molar-refractivity contribution in [3.63, 3.8) is 0 Å². The van der Waals surface area contributed by atoms with Gasteiger partial charge in [-0.2, -0.15) is 5.26 Å². The second-order valence-corrected chi connectivity index (χ2v) is 4.56. The molecule has 1 N–H and O–H groups in total. The molecular formula is C14H18N2O2. The van der Waals surface area contributed by atoms with Gasteiger partial charge < -0.3 is 9.84 Å². The van der Waals surface area contributed by atoms with Crippen molar-refractivity contribution in [2.24, 2.45) is 0 Å². The van der Waals surface area contributed by atoms with Gasteiger partial charge in [0.15, 0.2) is 11.5 Å². The lowest BCUT2D eigenvalue weighted by molar-refractivity contribution is 0.196. The van der Waals surface area contributed by atoms with E-state index in [0.29, 0.717) is 5.75 Å². The summed E-state index contributed by atoms with van der Waals surface area (Å²) in [7, 11) is 1.52. The van der Waals surface area contributed by atoms with E-state index in [1.165, 1.54) is 13.5 Å². The third kappa shape index (κ3) is 2.57. The summed E-state index contributed by atoms with van der Waals surface area (Å²) in [6.45, 7) is 1.90. The van der Waals surface area contributed by atoms with Gasteiger partial charge in [0.1, 0.15) is 6.04 Å². The van der Waals surface area contributed by atoms with Crippen molar-refractivity contribution < 1.29 is 9.84 Å². The molecule has 1 fully saturated rings. The van der Waals surface area contributed by atoms with Crippen molar-refractivity contribution >= 4 is 0 Å². The molecular weight excluding hydrogens is 228 g/mol. The summed E-state index contributed by atoms with van der Waals surface area (Å²) in [5.74, 6) is 0.529. The number of aromatic hydroxyl groups is 1. The predicted octanol–water partition coefficient (Wildman–Crippen LogP) is 2.45. The van der Waals surface area contributed by atoms with Gasteiger partial charge in [0, 0.05) is 0 Å². The van der Waals surface area contributed by atoms with Gasteiger partial charge in [-0.15, -0.1) is 0 Å². The molecule has 0 aliphatic carbocycles. The zero-order valence-electron chi connectivity index (χ0n) is 10.6. The number of nitriles is 1. The van der Waals surface area contributed by atoms with E-state index in [0.717, 1.165) is 31.5 Å². The molecule has 1 aliphatic heterocycles. The number of phenolic OH excluding ortho intramolecular Hbond substituents is 1. The largest absolute Gasteiger partial charge is 0.504 e. The number of piperidine rings is 1. The average molecular weight is 246 g/mol. The van der Waals surface area contributed by atoms with Crippen LogP contribution >= 0.6 is 0 Å². The van der Waals surface area contributed by atoms with Crippen LogP contribution in [0.2, 0.25) is 0 Å². The molecule has 0 amide bonds. The van der Waals surface area contributed by atoms with Crippen molar-refractivity contribution in [3.05, 3.63) is 23.8 Å². The van der Waals surface area contributed by atoms with Crippen molar-refractivity contribution in [1.82, 2.24) is 4.90 Å². The van der Waals surface area contributed by atoms with E-state index in [2.05, 4.69) is 11.0 Å². The number of ether oxygens (including phenoxy) is 1. The molecule has 1 aliphatic rings. The molecule has 2 rings (SSSR count). The van der Waals surface area contributed by atoms with E-state index in [4.69, 9.17) is 4.74 Å². The maximum Gasteiger partial charge on any atom is 0.160 e. The molecule has 0 aromatic heterocycles. The quantitative estimate of drug-likeness (QED) is 0.890. The van der Waals surface area contributed by atoms with E-state index in [1.807, 2.05) is 6.07 Å². The maximum absolute atomic E-state index is 9.78. The highest BCUT2D eigenvalue weighted by molar-refractivity contribution is 5.43. The van der Waals surface area contributed by atoms with E-state index in [9.17, 15) is 10.4 Å². The molecule has 4 nitrogen and oxygen atoms in total. The zero-order chi connectivity index (χ0) is 13.0. The van der Waals surface area contributed by atoms with Crippen LogP contribution in [-0.2, 0) is 0 Å². The van der Waals surface area contributed by atoms with Crippen LogP contribution in [0.25, 0.3) is 0 Å². The van der Waals surface area contributed by atoms with Gasteiger partial charge in [-0.3, -0.25) is 4.90 Å². The molecule has 0 saturated carbocycles. The van der Waals surface area contributed by atoms with Gasteiger partial charge in [-0.05, 0) is 43.6 Å². The molecule has 1 aromatic carbocycles. The van der Waals surface area contributed by atoms with Crippen LogP contribution in [0.15, 0.2) is 18.2 Å². The van der Waals surface area contributed by atoms with E-state index >= 15 is 0 Å². The fraction of sp³-hybridized carbons (Fsp3) is 0.500. The SMILES string of the molecule is COc1ccc(C(C#N)N2CCCCC2)cc1O. The Labute approximate surface area is 107 Å². The molecule has 96 valence electrons. The normalized spacial score (nSPS) is 18.0. The topological polar surface area (TPSA) is 56.5 Å². The van der Waals surface area contributed by atoms with Crippen molar-refractivity contribution in [2.45, 2.75) is 25.3 Å². The summed E-state index contributed by atoms with van der Waals surface area (Å²) in [5.41, 5.74) is 0.831. The maximum atomic E-state index is 9.78. The third-order valence-corrected chi connectivity index (χ3v) is 3.40. The highest BCUT2D eigenvalue weighted by Crippen LogP contribution is 2.31. The number of phenols is 1. The fourth-order valence-corrected chi connectivity index (χ4v) is 2.42. The van der Waals surface area contributed by atoms with E-state index in [-0.39, 0.29) is 11.8 Å². The first-order valence-corrected chi connectivity index (χ1v) is 6.27. The molecule has 0 radical (unpaired) electrons. The summed E-state index contributed by atoms with van der Waals surface area (Å²) in [6, 6.07) is 7.23. The smallest absolute Gasteiger partial charge is 0.160 e. The average Bonchev–Trinajstić information content (AvgIpc) is 2.41. The first-order valence-electron chi connectivity index (χ1n) is 6.27. The van der Waals surface area contributed by atoms with Crippen LogP contribution in [0, 0.1) is 11.3 Å². The molecule has 1 unspecified atom stereocenters. The lowest BCUT2D eigenvalue weighted by Gasteiger charge is -2.30. The Hall–Kier alpha value is -1.73. The number of methoxy groups -OCH3 is 1. The summed E-state index contributed by atoms with van der Waals surface area (Å²) in [6.07, 6.45) is 3.52. The van der Waals surface area contributed by atoms with Crippen LogP contribution in [0.1, 0.15) is 30.9 Å². The molecule has 1 heterocycles. The van der Waals surface area contributed by atoms with Crippen LogP contribution in [-0.4, -0.2) is 30.2 Å². The zero-order valence-corrected chi connectivity index (χ0v) is 10.6. The van der Waals surface area contributed by atoms with Crippen molar-refractivity contribution in [1.29, 1.82) is 5.26 Å². The van der Waals surface area contributed by atoms with Gasteiger partial charge in [0.25, 0.3) is 0 Å². The van der Waals surface area contributed by atoms with Gasteiger partial charge in [0.05, 0.1) is 13.2 Å². The standard InChI is InChI=1S/C14H18N2O2/c1-18-14-6-5-11(9-13(14)17)12(10-15)16-7-3-2-4-8-16/h5-6,9,12,17H,2-4,7-8H2,1H3. The number of likely N-dealkylation sites (tertiary alicyclic amines) is 1. The fourth-order valence-electron chi connectivity index (χ4n) is 2.42. The number of hydrogen-bond donors (Lipinski definition) is 1. The van der Waals surface area contributed by atoms with Crippen LogP contribution in [0.5, 0.6) is 11.5 Å². The minimum Gasteiger partial charge on any atom is -0.504 e. The Kier molecular flexibility index (Phi) is 4.06. The number of benzene rings is 1. The second kappa shape index (κ2) is 5.74. The van der Waals surface area contributed by atoms with Gasteiger partial charge >= 0.3 is 0 Å².